The van der Waals surface area contributed by atoms with Crippen LogP contribution in [0, 0.1) is 0 Å². The smallest absolute Gasteiger partial charge is 0.269 e. The Morgan fingerprint density at radius 1 is 1.62 bits per heavy atom. The fraction of sp³-hybridized carbons (Fsp3) is 0.462. The van der Waals surface area contributed by atoms with E-state index < -0.39 is 0 Å². The number of anilines is 1. The van der Waals surface area contributed by atoms with Gasteiger partial charge in [0.05, 0.1) is 17.8 Å². The van der Waals surface area contributed by atoms with E-state index in [1.54, 1.807) is 10.2 Å². The molecule has 1 amide bonds. The normalized spacial score (nSPS) is 18.7. The van der Waals surface area contributed by atoms with E-state index >= 15 is 0 Å². The zero-order valence-electron chi connectivity index (χ0n) is 11.5. The van der Waals surface area contributed by atoms with E-state index in [1.807, 2.05) is 13.1 Å². The second-order valence-corrected chi connectivity index (χ2v) is 6.52. The van der Waals surface area contributed by atoms with Crippen LogP contribution in [0.15, 0.2) is 16.2 Å². The van der Waals surface area contributed by atoms with Gasteiger partial charge in [0.1, 0.15) is 15.3 Å². The number of carbonyl (C=O) groups excluding carboxylic acids is 1. The van der Waals surface area contributed by atoms with Crippen LogP contribution in [0.1, 0.15) is 34.1 Å². The number of aryl methyl sites for hydroxylation is 1. The van der Waals surface area contributed by atoms with Crippen LogP contribution in [0.25, 0.3) is 0 Å². The van der Waals surface area contributed by atoms with Crippen molar-refractivity contribution in [2.75, 3.05) is 18.5 Å². The Labute approximate surface area is 134 Å². The molecule has 0 bridgehead atoms. The van der Waals surface area contributed by atoms with E-state index in [1.165, 1.54) is 11.3 Å². The minimum absolute atomic E-state index is 0.182. The molecule has 1 unspecified atom stereocenters. The summed E-state index contributed by atoms with van der Waals surface area (Å²) in [4.78, 5) is 16.8. The summed E-state index contributed by atoms with van der Waals surface area (Å²) in [6, 6.07) is 1.92. The molecular weight excluding hydrogens is 356 g/mol. The van der Waals surface area contributed by atoms with Crippen LogP contribution >= 0.6 is 27.3 Å². The number of amides is 1. The molecule has 1 N–H and O–H groups in total. The molecule has 8 heteroatoms. The second kappa shape index (κ2) is 6.25. The minimum Gasteiger partial charge on any atom is -0.381 e. The second-order valence-electron chi connectivity index (χ2n) is 4.92. The van der Waals surface area contributed by atoms with Crippen molar-refractivity contribution in [2.45, 2.75) is 18.8 Å². The Hall–Kier alpha value is -1.25. The number of ether oxygens (including phenoxy) is 1. The highest BCUT2D eigenvalue weighted by Crippen LogP contribution is 2.27. The van der Waals surface area contributed by atoms with Crippen molar-refractivity contribution in [2.24, 2.45) is 7.05 Å². The average Bonchev–Trinajstić information content (AvgIpc) is 3.07. The first-order valence-corrected chi connectivity index (χ1v) is 8.34. The number of hydrogen-bond donors (Lipinski definition) is 1. The third-order valence-electron chi connectivity index (χ3n) is 3.45. The molecule has 0 aromatic carbocycles. The minimum atomic E-state index is -0.182. The van der Waals surface area contributed by atoms with Gasteiger partial charge in [-0.25, -0.2) is 4.98 Å². The van der Waals surface area contributed by atoms with Crippen molar-refractivity contribution in [3.8, 4) is 0 Å². The van der Waals surface area contributed by atoms with Gasteiger partial charge < -0.3 is 10.1 Å². The van der Waals surface area contributed by atoms with Gasteiger partial charge in [0.2, 0.25) is 0 Å². The molecule has 1 atom stereocenters. The maximum atomic E-state index is 12.2. The van der Waals surface area contributed by atoms with Crippen molar-refractivity contribution in [1.82, 2.24) is 14.8 Å². The van der Waals surface area contributed by atoms with Gasteiger partial charge in [0.25, 0.3) is 5.91 Å². The van der Waals surface area contributed by atoms with Crippen LogP contribution < -0.4 is 5.32 Å². The van der Waals surface area contributed by atoms with E-state index in [0.29, 0.717) is 27.8 Å². The van der Waals surface area contributed by atoms with Crippen LogP contribution in [0.5, 0.6) is 0 Å². The summed E-state index contributed by atoms with van der Waals surface area (Å²) in [5.74, 6) is 0.811. The zero-order valence-corrected chi connectivity index (χ0v) is 13.9. The fourth-order valence-electron chi connectivity index (χ4n) is 2.33. The van der Waals surface area contributed by atoms with Gasteiger partial charge in [0.15, 0.2) is 0 Å². The Kier molecular flexibility index (Phi) is 4.37. The van der Waals surface area contributed by atoms with E-state index in [4.69, 9.17) is 4.74 Å². The molecule has 0 radical (unpaired) electrons. The zero-order chi connectivity index (χ0) is 14.8. The highest BCUT2D eigenvalue weighted by molar-refractivity contribution is 9.10. The van der Waals surface area contributed by atoms with Gasteiger partial charge in [-0.05, 0) is 28.8 Å². The topological polar surface area (TPSA) is 69.0 Å². The molecule has 21 heavy (non-hydrogen) atoms. The van der Waals surface area contributed by atoms with Crippen LogP contribution in [-0.4, -0.2) is 33.9 Å². The molecule has 3 heterocycles. The van der Waals surface area contributed by atoms with Crippen molar-refractivity contribution in [3.05, 3.63) is 26.8 Å². The van der Waals surface area contributed by atoms with Gasteiger partial charge in [-0.2, -0.15) is 5.10 Å². The number of thiazole rings is 1. The molecular formula is C13H15BrN4O2S. The Bertz CT molecular complexity index is 648. The van der Waals surface area contributed by atoms with Crippen LogP contribution in [-0.2, 0) is 11.8 Å². The van der Waals surface area contributed by atoms with E-state index in [9.17, 15) is 4.79 Å². The quantitative estimate of drug-likeness (QED) is 0.901. The van der Waals surface area contributed by atoms with Crippen molar-refractivity contribution >= 4 is 39.0 Å². The number of nitrogens with zero attached hydrogens (tertiary/aromatic N) is 3. The lowest BCUT2D eigenvalue weighted by molar-refractivity contribution is 0.0791. The Morgan fingerprint density at radius 2 is 2.48 bits per heavy atom. The molecule has 1 aliphatic rings. The first-order valence-electron chi connectivity index (χ1n) is 6.67. The Morgan fingerprint density at radius 3 is 3.14 bits per heavy atom. The van der Waals surface area contributed by atoms with Crippen molar-refractivity contribution in [1.29, 1.82) is 0 Å². The molecule has 6 nitrogen and oxygen atoms in total. The molecule has 0 saturated carbocycles. The summed E-state index contributed by atoms with van der Waals surface area (Å²) >= 11 is 4.56. The van der Waals surface area contributed by atoms with Gasteiger partial charge in [-0.1, -0.05) is 0 Å². The number of carbonyl (C=O) groups is 1. The lowest BCUT2D eigenvalue weighted by Crippen LogP contribution is -2.16. The summed E-state index contributed by atoms with van der Waals surface area (Å²) < 4.78 is 7.75. The molecule has 0 spiro atoms. The third-order valence-corrected chi connectivity index (χ3v) is 5.14. The van der Waals surface area contributed by atoms with Gasteiger partial charge in [0, 0.05) is 25.6 Å². The number of halogens is 1. The number of nitrogens with one attached hydrogen (secondary N) is 1. The highest BCUT2D eigenvalue weighted by atomic mass is 79.9. The van der Waals surface area contributed by atoms with Crippen LogP contribution in [0.3, 0.4) is 0 Å². The van der Waals surface area contributed by atoms with Gasteiger partial charge in [-0.3, -0.25) is 9.48 Å². The molecule has 0 aliphatic carbocycles. The summed E-state index contributed by atoms with van der Waals surface area (Å²) in [6.45, 7) is 1.52. The number of aromatic nitrogens is 3. The summed E-state index contributed by atoms with van der Waals surface area (Å²) in [5, 5.41) is 7.36. The molecule has 3 rings (SSSR count). The lowest BCUT2D eigenvalue weighted by Gasteiger charge is -2.19. The first kappa shape index (κ1) is 14.7. The molecule has 1 saturated heterocycles. The largest absolute Gasteiger partial charge is 0.381 e. The standard InChI is InChI=1S/C13H15BrN4O2S/c1-18-10(16-13(19)11-12(14)15-7-21-11)5-9(17-18)8-3-2-4-20-6-8/h5,7-8H,2-4,6H2,1H3,(H,16,19). The Balaban J connectivity index is 1.75. The maximum absolute atomic E-state index is 12.2. The predicted molar refractivity (Wildman–Crippen MR) is 83.8 cm³/mol. The third kappa shape index (κ3) is 3.17. The SMILES string of the molecule is Cn1nc(C2CCCOC2)cc1NC(=O)c1scnc1Br. The fourth-order valence-corrected chi connectivity index (χ4v) is 3.60. The average molecular weight is 371 g/mol. The van der Waals surface area contributed by atoms with Gasteiger partial charge in [-0.15, -0.1) is 11.3 Å². The van der Waals surface area contributed by atoms with Crippen molar-refractivity contribution in [3.63, 3.8) is 0 Å². The summed E-state index contributed by atoms with van der Waals surface area (Å²) in [7, 11) is 1.82. The molecule has 1 aliphatic heterocycles. The first-order chi connectivity index (χ1) is 10.1. The van der Waals surface area contributed by atoms with Crippen molar-refractivity contribution < 1.29 is 9.53 Å². The van der Waals surface area contributed by atoms with Crippen LogP contribution in [0.4, 0.5) is 5.82 Å². The molecule has 2 aromatic heterocycles. The summed E-state index contributed by atoms with van der Waals surface area (Å²) in [5.41, 5.74) is 2.60. The predicted octanol–water partition coefficient (Wildman–Crippen LogP) is 2.79. The molecule has 2 aromatic rings. The molecule has 1 fully saturated rings. The number of hydrogen-bond acceptors (Lipinski definition) is 5. The van der Waals surface area contributed by atoms with E-state index in [-0.39, 0.29) is 5.91 Å². The summed E-state index contributed by atoms with van der Waals surface area (Å²) in [6.07, 6.45) is 2.13. The van der Waals surface area contributed by atoms with Gasteiger partial charge >= 0.3 is 0 Å². The lowest BCUT2D eigenvalue weighted by atomic mass is 9.99. The van der Waals surface area contributed by atoms with Crippen LogP contribution in [0.2, 0.25) is 0 Å². The monoisotopic (exact) mass is 370 g/mol. The number of rotatable bonds is 3. The maximum Gasteiger partial charge on any atom is 0.269 e. The van der Waals surface area contributed by atoms with E-state index in [2.05, 4.69) is 31.3 Å². The molecule has 112 valence electrons. The van der Waals surface area contributed by atoms with E-state index in [0.717, 1.165) is 25.1 Å². The highest BCUT2D eigenvalue weighted by Gasteiger charge is 2.21.